The molecular formula is C10H22N2O2S. The Morgan fingerprint density at radius 3 is 2.73 bits per heavy atom. The van der Waals surface area contributed by atoms with Gasteiger partial charge in [-0.2, -0.15) is 0 Å². The Kier molecular flexibility index (Phi) is 6.40. The molecule has 1 heterocycles. The molecule has 0 saturated carbocycles. The molecule has 0 spiro atoms. The standard InChI is InChI=1S/C10H22N2O2S/c1-10(15(2)13)9-11-3-4-12-5-7-14-8-6-12/h10-11H,3-9H2,1-2H3. The van der Waals surface area contributed by atoms with Gasteiger partial charge in [-0.05, 0) is 6.92 Å². The van der Waals surface area contributed by atoms with Crippen molar-refractivity contribution in [3.8, 4) is 0 Å². The first kappa shape index (κ1) is 13.1. The molecule has 1 N–H and O–H groups in total. The van der Waals surface area contributed by atoms with Crippen molar-refractivity contribution in [2.45, 2.75) is 12.2 Å². The molecule has 5 heteroatoms. The molecule has 0 aromatic carbocycles. The van der Waals surface area contributed by atoms with E-state index in [0.29, 0.717) is 0 Å². The van der Waals surface area contributed by atoms with E-state index >= 15 is 0 Å². The van der Waals surface area contributed by atoms with E-state index in [4.69, 9.17) is 4.74 Å². The molecule has 1 fully saturated rings. The summed E-state index contributed by atoms with van der Waals surface area (Å²) in [7, 11) is -0.715. The van der Waals surface area contributed by atoms with Crippen LogP contribution in [0.4, 0.5) is 0 Å². The minimum Gasteiger partial charge on any atom is -0.379 e. The molecule has 1 aliphatic heterocycles. The zero-order valence-corrected chi connectivity index (χ0v) is 10.5. The van der Waals surface area contributed by atoms with Crippen molar-refractivity contribution in [1.82, 2.24) is 10.2 Å². The minimum atomic E-state index is -0.715. The van der Waals surface area contributed by atoms with Crippen LogP contribution in [0.3, 0.4) is 0 Å². The van der Waals surface area contributed by atoms with Crippen LogP contribution < -0.4 is 5.32 Å². The summed E-state index contributed by atoms with van der Waals surface area (Å²) in [6.45, 7) is 8.68. The second kappa shape index (κ2) is 7.33. The average Bonchev–Trinajstić information content (AvgIpc) is 2.25. The SMILES string of the molecule is CC(CNCCN1CCOCC1)S(C)=O. The summed E-state index contributed by atoms with van der Waals surface area (Å²) in [5.41, 5.74) is 0. The number of morpholine rings is 1. The van der Waals surface area contributed by atoms with Crippen molar-refractivity contribution in [1.29, 1.82) is 0 Å². The molecule has 0 amide bonds. The predicted octanol–water partition coefficient (Wildman–Crippen LogP) is -0.325. The third-order valence-corrected chi connectivity index (χ3v) is 4.01. The molecule has 0 aliphatic carbocycles. The minimum absolute atomic E-state index is 0.245. The van der Waals surface area contributed by atoms with Crippen LogP contribution >= 0.6 is 0 Å². The predicted molar refractivity (Wildman–Crippen MR) is 63.7 cm³/mol. The van der Waals surface area contributed by atoms with E-state index in [-0.39, 0.29) is 5.25 Å². The Bertz CT molecular complexity index is 196. The average molecular weight is 234 g/mol. The van der Waals surface area contributed by atoms with Gasteiger partial charge in [-0.1, -0.05) is 0 Å². The Balaban J connectivity index is 1.98. The fraction of sp³-hybridized carbons (Fsp3) is 1.00. The van der Waals surface area contributed by atoms with Crippen LogP contribution in [0.1, 0.15) is 6.92 Å². The maximum absolute atomic E-state index is 11.1. The third-order valence-electron chi connectivity index (χ3n) is 2.71. The van der Waals surface area contributed by atoms with Gasteiger partial charge in [0, 0.05) is 55.0 Å². The number of rotatable bonds is 6. The first-order valence-corrected chi connectivity index (χ1v) is 7.15. The van der Waals surface area contributed by atoms with E-state index in [1.807, 2.05) is 6.92 Å². The smallest absolute Gasteiger partial charge is 0.0594 e. The highest BCUT2D eigenvalue weighted by Crippen LogP contribution is 1.95. The second-order valence-corrected chi connectivity index (χ2v) is 5.77. The van der Waals surface area contributed by atoms with Crippen molar-refractivity contribution < 1.29 is 8.95 Å². The number of nitrogens with zero attached hydrogens (tertiary/aromatic N) is 1. The van der Waals surface area contributed by atoms with Crippen LogP contribution in [-0.2, 0) is 15.5 Å². The Hall–Kier alpha value is 0.0300. The summed E-state index contributed by atoms with van der Waals surface area (Å²) in [6, 6.07) is 0. The molecule has 0 aromatic heterocycles. The zero-order valence-electron chi connectivity index (χ0n) is 9.70. The lowest BCUT2D eigenvalue weighted by molar-refractivity contribution is 0.0385. The van der Waals surface area contributed by atoms with Crippen molar-refractivity contribution in [3.05, 3.63) is 0 Å². The van der Waals surface area contributed by atoms with Gasteiger partial charge in [-0.25, -0.2) is 0 Å². The van der Waals surface area contributed by atoms with E-state index in [0.717, 1.165) is 45.9 Å². The molecule has 1 aliphatic rings. The molecule has 4 nitrogen and oxygen atoms in total. The van der Waals surface area contributed by atoms with E-state index in [1.54, 1.807) is 6.26 Å². The van der Waals surface area contributed by atoms with Gasteiger partial charge in [0.25, 0.3) is 0 Å². The van der Waals surface area contributed by atoms with Crippen LogP contribution in [0.5, 0.6) is 0 Å². The molecular weight excluding hydrogens is 212 g/mol. The number of nitrogens with one attached hydrogen (secondary N) is 1. The molecule has 0 aromatic rings. The van der Waals surface area contributed by atoms with Crippen molar-refractivity contribution in [2.75, 3.05) is 52.2 Å². The molecule has 1 saturated heterocycles. The third kappa shape index (κ3) is 5.61. The van der Waals surface area contributed by atoms with Gasteiger partial charge in [-0.15, -0.1) is 0 Å². The van der Waals surface area contributed by atoms with Crippen LogP contribution in [0.25, 0.3) is 0 Å². The highest BCUT2D eigenvalue weighted by Gasteiger charge is 2.10. The summed E-state index contributed by atoms with van der Waals surface area (Å²) in [6.07, 6.45) is 1.76. The summed E-state index contributed by atoms with van der Waals surface area (Å²) < 4.78 is 16.4. The molecule has 1 rings (SSSR count). The largest absolute Gasteiger partial charge is 0.379 e. The van der Waals surface area contributed by atoms with Crippen LogP contribution in [0, 0.1) is 0 Å². The summed E-state index contributed by atoms with van der Waals surface area (Å²) in [4.78, 5) is 2.39. The Labute approximate surface area is 94.8 Å². The first-order chi connectivity index (χ1) is 7.20. The highest BCUT2D eigenvalue weighted by molar-refractivity contribution is 7.84. The van der Waals surface area contributed by atoms with Gasteiger partial charge in [0.05, 0.1) is 13.2 Å². The maximum Gasteiger partial charge on any atom is 0.0594 e. The lowest BCUT2D eigenvalue weighted by Crippen LogP contribution is -2.41. The fourth-order valence-corrected chi connectivity index (χ4v) is 1.84. The van der Waals surface area contributed by atoms with Crippen LogP contribution in [-0.4, -0.2) is 66.6 Å². The number of hydrogen-bond donors (Lipinski definition) is 1. The lowest BCUT2D eigenvalue weighted by atomic mass is 10.4. The lowest BCUT2D eigenvalue weighted by Gasteiger charge is -2.26. The van der Waals surface area contributed by atoms with E-state index in [2.05, 4.69) is 10.2 Å². The van der Waals surface area contributed by atoms with Crippen molar-refractivity contribution >= 4 is 10.8 Å². The Morgan fingerprint density at radius 2 is 2.13 bits per heavy atom. The summed E-state index contributed by atoms with van der Waals surface area (Å²) >= 11 is 0. The number of hydrogen-bond acceptors (Lipinski definition) is 4. The van der Waals surface area contributed by atoms with E-state index in [9.17, 15) is 4.21 Å². The van der Waals surface area contributed by atoms with E-state index < -0.39 is 10.8 Å². The molecule has 90 valence electrons. The molecule has 2 unspecified atom stereocenters. The zero-order chi connectivity index (χ0) is 11.1. The molecule has 15 heavy (non-hydrogen) atoms. The quantitative estimate of drug-likeness (QED) is 0.639. The van der Waals surface area contributed by atoms with Crippen molar-refractivity contribution in [2.24, 2.45) is 0 Å². The normalized spacial score (nSPS) is 22.5. The molecule has 0 bridgehead atoms. The van der Waals surface area contributed by atoms with Gasteiger partial charge < -0.3 is 10.1 Å². The molecule has 2 atom stereocenters. The molecule has 0 radical (unpaired) electrons. The Morgan fingerprint density at radius 1 is 1.47 bits per heavy atom. The van der Waals surface area contributed by atoms with Gasteiger partial charge >= 0.3 is 0 Å². The van der Waals surface area contributed by atoms with E-state index in [1.165, 1.54) is 0 Å². The van der Waals surface area contributed by atoms with Gasteiger partial charge in [0.15, 0.2) is 0 Å². The van der Waals surface area contributed by atoms with Crippen molar-refractivity contribution in [3.63, 3.8) is 0 Å². The van der Waals surface area contributed by atoms with Gasteiger partial charge in [-0.3, -0.25) is 9.11 Å². The summed E-state index contributed by atoms with van der Waals surface area (Å²) in [5.74, 6) is 0. The fourth-order valence-electron chi connectivity index (χ4n) is 1.48. The van der Waals surface area contributed by atoms with Crippen LogP contribution in [0.2, 0.25) is 0 Å². The monoisotopic (exact) mass is 234 g/mol. The van der Waals surface area contributed by atoms with Gasteiger partial charge in [0.2, 0.25) is 0 Å². The highest BCUT2D eigenvalue weighted by atomic mass is 32.2. The topological polar surface area (TPSA) is 41.6 Å². The second-order valence-electron chi connectivity index (χ2n) is 3.97. The first-order valence-electron chi connectivity index (χ1n) is 5.53. The van der Waals surface area contributed by atoms with Crippen LogP contribution in [0.15, 0.2) is 0 Å². The summed E-state index contributed by atoms with van der Waals surface area (Å²) in [5, 5.41) is 3.58. The number of ether oxygens (including phenoxy) is 1. The maximum atomic E-state index is 11.1. The van der Waals surface area contributed by atoms with Gasteiger partial charge in [0.1, 0.15) is 0 Å².